The van der Waals surface area contributed by atoms with Crippen molar-refractivity contribution in [3.05, 3.63) is 28.8 Å². The van der Waals surface area contributed by atoms with Gasteiger partial charge in [0.2, 0.25) is 0 Å². The molecule has 1 aliphatic rings. The number of rotatable bonds is 3. The first kappa shape index (κ1) is 14.0. The minimum absolute atomic E-state index is 0.377. The molecule has 2 N–H and O–H groups in total. The Balaban J connectivity index is 2.32. The van der Waals surface area contributed by atoms with Crippen LogP contribution < -0.4 is 10.6 Å². The topological polar surface area (TPSA) is 29.3 Å². The van der Waals surface area contributed by atoms with Crippen LogP contribution in [0.4, 0.5) is 5.69 Å². The molecule has 0 aliphatic carbocycles. The van der Waals surface area contributed by atoms with E-state index in [0.717, 1.165) is 30.1 Å². The maximum absolute atomic E-state index is 6.21. The summed E-state index contributed by atoms with van der Waals surface area (Å²) in [6, 6.07) is 5.86. The van der Waals surface area contributed by atoms with Crippen molar-refractivity contribution < 1.29 is 0 Å². The zero-order valence-electron chi connectivity index (χ0n) is 10.4. The predicted octanol–water partition coefficient (Wildman–Crippen LogP) is 3.31. The van der Waals surface area contributed by atoms with Gasteiger partial charge in [-0.05, 0) is 18.6 Å². The van der Waals surface area contributed by atoms with Crippen molar-refractivity contribution in [3.8, 4) is 0 Å². The Morgan fingerprint density at radius 2 is 2.39 bits per heavy atom. The Morgan fingerprint density at radius 3 is 3.06 bits per heavy atom. The molecule has 2 nitrogen and oxygen atoms in total. The molecule has 2 rings (SSSR count). The average molecular weight is 301 g/mol. The van der Waals surface area contributed by atoms with E-state index in [2.05, 4.69) is 17.9 Å². The molecule has 0 saturated carbocycles. The lowest BCUT2D eigenvalue weighted by Gasteiger charge is -2.35. The van der Waals surface area contributed by atoms with Crippen molar-refractivity contribution in [2.45, 2.75) is 18.6 Å². The van der Waals surface area contributed by atoms with E-state index < -0.39 is 0 Å². The van der Waals surface area contributed by atoms with E-state index in [1.807, 2.05) is 23.9 Å². The summed E-state index contributed by atoms with van der Waals surface area (Å²) in [6.45, 7) is 4.29. The number of hydrogen-bond donors (Lipinski definition) is 1. The smallest absolute Gasteiger partial charge is 0.107 e. The van der Waals surface area contributed by atoms with Crippen molar-refractivity contribution in [1.29, 1.82) is 0 Å². The van der Waals surface area contributed by atoms with Gasteiger partial charge < -0.3 is 10.6 Å². The molecule has 0 aromatic heterocycles. The summed E-state index contributed by atoms with van der Waals surface area (Å²) in [6.07, 6.45) is 1.18. The van der Waals surface area contributed by atoms with Crippen molar-refractivity contribution in [2.24, 2.45) is 5.73 Å². The number of halogens is 1. The molecule has 1 aromatic carbocycles. The average Bonchev–Trinajstić information content (AvgIpc) is 2.38. The second-order valence-corrected chi connectivity index (χ2v) is 6.60. The first-order valence-electron chi connectivity index (χ1n) is 6.08. The third kappa shape index (κ3) is 2.92. The lowest BCUT2D eigenvalue weighted by molar-refractivity contribution is 0.728. The van der Waals surface area contributed by atoms with Crippen LogP contribution in [0.25, 0.3) is 0 Å². The molecule has 5 heteroatoms. The van der Waals surface area contributed by atoms with E-state index in [1.165, 1.54) is 6.42 Å². The van der Waals surface area contributed by atoms with Gasteiger partial charge in [-0.25, -0.2) is 0 Å². The van der Waals surface area contributed by atoms with Crippen LogP contribution in [0.2, 0.25) is 5.02 Å². The highest BCUT2D eigenvalue weighted by molar-refractivity contribution is 8.00. The highest BCUT2D eigenvalue weighted by atomic mass is 35.5. The standard InChI is InChI=1S/C13H17ClN2S2/c1-2-9-8-16(6-7-18-9)11-5-3-4-10(14)12(11)13(15)17/h3-5,9H,2,6-8H2,1H3,(H2,15,17). The van der Waals surface area contributed by atoms with E-state index in [1.54, 1.807) is 0 Å². The molecule has 1 fully saturated rings. The lowest BCUT2D eigenvalue weighted by Crippen LogP contribution is -2.38. The number of nitrogens with two attached hydrogens (primary N) is 1. The number of nitrogens with zero attached hydrogens (tertiary/aromatic N) is 1. The summed E-state index contributed by atoms with van der Waals surface area (Å²) in [5.41, 5.74) is 7.70. The highest BCUT2D eigenvalue weighted by Crippen LogP contribution is 2.31. The van der Waals surface area contributed by atoms with Crippen LogP contribution in [0.15, 0.2) is 18.2 Å². The zero-order chi connectivity index (χ0) is 13.1. The fraction of sp³-hybridized carbons (Fsp3) is 0.462. The normalized spacial score (nSPS) is 19.9. The van der Waals surface area contributed by atoms with Crippen molar-refractivity contribution in [2.75, 3.05) is 23.7 Å². The summed E-state index contributed by atoms with van der Waals surface area (Å²) in [5, 5.41) is 1.32. The van der Waals surface area contributed by atoms with E-state index in [0.29, 0.717) is 15.3 Å². The van der Waals surface area contributed by atoms with E-state index in [4.69, 9.17) is 29.6 Å². The van der Waals surface area contributed by atoms with Gasteiger partial charge in [0, 0.05) is 29.8 Å². The number of benzene rings is 1. The molecule has 1 unspecified atom stereocenters. The molecule has 1 aromatic rings. The van der Waals surface area contributed by atoms with Crippen LogP contribution in [0.3, 0.4) is 0 Å². The summed E-state index contributed by atoms with van der Waals surface area (Å²) in [7, 11) is 0. The molecule has 1 saturated heterocycles. The minimum atomic E-state index is 0.377. The number of anilines is 1. The van der Waals surface area contributed by atoms with Crippen LogP contribution in [0.5, 0.6) is 0 Å². The molecule has 18 heavy (non-hydrogen) atoms. The Bertz CT molecular complexity index is 451. The summed E-state index contributed by atoms with van der Waals surface area (Å²) in [4.78, 5) is 2.73. The van der Waals surface area contributed by atoms with Gasteiger partial charge in [0.25, 0.3) is 0 Å². The van der Waals surface area contributed by atoms with Gasteiger partial charge in [0.15, 0.2) is 0 Å². The fourth-order valence-electron chi connectivity index (χ4n) is 2.21. The predicted molar refractivity (Wildman–Crippen MR) is 86.1 cm³/mol. The molecule has 0 spiro atoms. The van der Waals surface area contributed by atoms with Gasteiger partial charge in [-0.2, -0.15) is 11.8 Å². The maximum Gasteiger partial charge on any atom is 0.107 e. The molecular formula is C13H17ClN2S2. The van der Waals surface area contributed by atoms with E-state index in [-0.39, 0.29) is 0 Å². The Labute approximate surface area is 123 Å². The molecule has 0 bridgehead atoms. The van der Waals surface area contributed by atoms with Crippen molar-refractivity contribution in [1.82, 2.24) is 0 Å². The molecule has 1 aliphatic heterocycles. The van der Waals surface area contributed by atoms with E-state index in [9.17, 15) is 0 Å². The minimum Gasteiger partial charge on any atom is -0.389 e. The van der Waals surface area contributed by atoms with Gasteiger partial charge in [-0.1, -0.05) is 36.8 Å². The van der Waals surface area contributed by atoms with Crippen LogP contribution in [-0.4, -0.2) is 29.1 Å². The summed E-state index contributed by atoms with van der Waals surface area (Å²) in [5.74, 6) is 1.14. The second-order valence-electron chi connectivity index (χ2n) is 4.35. The van der Waals surface area contributed by atoms with Crippen LogP contribution in [0.1, 0.15) is 18.9 Å². The third-order valence-electron chi connectivity index (χ3n) is 3.17. The molecule has 1 heterocycles. The monoisotopic (exact) mass is 300 g/mol. The Kier molecular flexibility index (Phi) is 4.76. The molecule has 98 valence electrons. The molecule has 1 atom stereocenters. The van der Waals surface area contributed by atoms with Crippen LogP contribution in [-0.2, 0) is 0 Å². The molecular weight excluding hydrogens is 284 g/mol. The first-order valence-corrected chi connectivity index (χ1v) is 7.91. The van der Waals surface area contributed by atoms with Gasteiger partial charge in [-0.3, -0.25) is 0 Å². The summed E-state index contributed by atoms with van der Waals surface area (Å²) < 4.78 is 0. The van der Waals surface area contributed by atoms with Gasteiger partial charge >= 0.3 is 0 Å². The first-order chi connectivity index (χ1) is 8.63. The van der Waals surface area contributed by atoms with Crippen LogP contribution in [0, 0.1) is 0 Å². The largest absolute Gasteiger partial charge is 0.389 e. The second kappa shape index (κ2) is 6.13. The van der Waals surface area contributed by atoms with Gasteiger partial charge in [-0.15, -0.1) is 0 Å². The SMILES string of the molecule is CCC1CN(c2cccc(Cl)c2C(N)=S)CCS1. The zero-order valence-corrected chi connectivity index (χ0v) is 12.7. The number of thioether (sulfide) groups is 1. The van der Waals surface area contributed by atoms with Crippen molar-refractivity contribution >= 4 is 46.3 Å². The number of thiocarbonyl (C=S) groups is 1. The lowest BCUT2D eigenvalue weighted by atomic mass is 10.1. The van der Waals surface area contributed by atoms with Crippen LogP contribution >= 0.6 is 35.6 Å². The molecule has 0 amide bonds. The van der Waals surface area contributed by atoms with Gasteiger partial charge in [0.05, 0.1) is 10.6 Å². The van der Waals surface area contributed by atoms with Crippen molar-refractivity contribution in [3.63, 3.8) is 0 Å². The quantitative estimate of drug-likeness (QED) is 0.867. The van der Waals surface area contributed by atoms with E-state index >= 15 is 0 Å². The Hall–Kier alpha value is -0.450. The third-order valence-corrected chi connectivity index (χ3v) is 5.06. The highest BCUT2D eigenvalue weighted by Gasteiger charge is 2.22. The maximum atomic E-state index is 6.21. The number of hydrogen-bond acceptors (Lipinski definition) is 3. The fourth-order valence-corrected chi connectivity index (χ4v) is 3.93. The molecule has 0 radical (unpaired) electrons. The van der Waals surface area contributed by atoms with Gasteiger partial charge in [0.1, 0.15) is 4.99 Å². The summed E-state index contributed by atoms with van der Waals surface area (Å²) >= 11 is 13.4. The Morgan fingerprint density at radius 1 is 1.61 bits per heavy atom.